The Labute approximate surface area is 202 Å². The summed E-state index contributed by atoms with van der Waals surface area (Å²) < 4.78 is 87.4. The van der Waals surface area contributed by atoms with Crippen LogP contribution in [-0.2, 0) is 25.7 Å². The van der Waals surface area contributed by atoms with E-state index < -0.39 is 35.5 Å². The van der Waals surface area contributed by atoms with Gasteiger partial charge in [-0.25, -0.2) is 18.2 Å². The van der Waals surface area contributed by atoms with Crippen LogP contribution >= 0.6 is 12.4 Å². The molecule has 35 heavy (non-hydrogen) atoms. The lowest BCUT2D eigenvalue weighted by Gasteiger charge is -2.30. The number of halogens is 7. The molecular formula is C22H21ClF6N4O2. The second kappa shape index (κ2) is 10.4. The zero-order valence-electron chi connectivity index (χ0n) is 18.1. The molecule has 3 heterocycles. The number of fused-ring (bicyclic) bond motifs is 1. The monoisotopic (exact) mass is 522 g/mol. The molecule has 0 radical (unpaired) electrons. The van der Waals surface area contributed by atoms with Crippen molar-refractivity contribution < 1.29 is 35.6 Å². The number of hydrogen-bond donors (Lipinski definition) is 1. The second-order valence-electron chi connectivity index (χ2n) is 8.09. The highest BCUT2D eigenvalue weighted by Gasteiger charge is 2.40. The van der Waals surface area contributed by atoms with E-state index in [1.54, 1.807) is 0 Å². The van der Waals surface area contributed by atoms with Gasteiger partial charge in [0.2, 0.25) is 5.82 Å². The first-order valence-corrected chi connectivity index (χ1v) is 10.4. The summed E-state index contributed by atoms with van der Waals surface area (Å²) in [5.41, 5.74) is 6.28. The second-order valence-corrected chi connectivity index (χ2v) is 8.09. The zero-order valence-corrected chi connectivity index (χ0v) is 18.9. The van der Waals surface area contributed by atoms with E-state index in [4.69, 9.17) is 10.2 Å². The van der Waals surface area contributed by atoms with E-state index in [0.717, 1.165) is 10.6 Å². The van der Waals surface area contributed by atoms with Gasteiger partial charge in [-0.05, 0) is 36.6 Å². The van der Waals surface area contributed by atoms with Crippen molar-refractivity contribution in [3.63, 3.8) is 0 Å². The highest BCUT2D eigenvalue weighted by molar-refractivity contribution is 5.85. The summed E-state index contributed by atoms with van der Waals surface area (Å²) in [7, 11) is 0. The van der Waals surface area contributed by atoms with Crippen LogP contribution in [0, 0.1) is 17.5 Å². The minimum Gasteiger partial charge on any atom is -0.452 e. The van der Waals surface area contributed by atoms with E-state index in [9.17, 15) is 31.1 Å². The van der Waals surface area contributed by atoms with E-state index in [0.29, 0.717) is 25.3 Å². The third-order valence-corrected chi connectivity index (χ3v) is 5.70. The van der Waals surface area contributed by atoms with Gasteiger partial charge in [-0.1, -0.05) is 0 Å². The highest BCUT2D eigenvalue weighted by atomic mass is 35.5. The van der Waals surface area contributed by atoms with Crippen LogP contribution in [-0.4, -0.2) is 39.9 Å². The van der Waals surface area contributed by atoms with Crippen LogP contribution in [0.5, 0.6) is 0 Å². The minimum atomic E-state index is -4.67. The summed E-state index contributed by atoms with van der Waals surface area (Å²) in [4.78, 5) is 16.5. The molecular weight excluding hydrogens is 502 g/mol. The molecule has 0 aliphatic carbocycles. The Kier molecular flexibility index (Phi) is 7.97. The Bertz CT molecular complexity index is 1210. The number of nitrogens with two attached hydrogens (primary N) is 1. The fourth-order valence-electron chi connectivity index (χ4n) is 4.02. The Hall–Kier alpha value is -2.83. The Morgan fingerprint density at radius 3 is 2.49 bits per heavy atom. The number of benzene rings is 1. The SMILES string of the molecule is Cl.NC(CCN1CCn2c(C(F)(F)F)nc(-c3ccc(C=O)o3)c2C1)Cc1cc(F)c(F)cc1F. The average Bonchev–Trinajstić information content (AvgIpc) is 3.40. The van der Waals surface area contributed by atoms with Gasteiger partial charge in [0.05, 0.1) is 5.69 Å². The van der Waals surface area contributed by atoms with Crippen LogP contribution in [0.25, 0.3) is 11.5 Å². The number of imidazole rings is 1. The summed E-state index contributed by atoms with van der Waals surface area (Å²) in [5.74, 6) is -4.38. The van der Waals surface area contributed by atoms with Gasteiger partial charge in [-0.3, -0.25) is 9.69 Å². The van der Waals surface area contributed by atoms with Crippen molar-refractivity contribution in [2.24, 2.45) is 5.73 Å². The largest absolute Gasteiger partial charge is 0.452 e. The average molecular weight is 523 g/mol. The fourth-order valence-corrected chi connectivity index (χ4v) is 4.02. The topological polar surface area (TPSA) is 77.3 Å². The molecule has 0 spiro atoms. The van der Waals surface area contributed by atoms with Gasteiger partial charge in [0.1, 0.15) is 11.5 Å². The molecule has 4 rings (SSSR count). The van der Waals surface area contributed by atoms with Crippen LogP contribution in [0.1, 0.15) is 34.1 Å². The predicted molar refractivity (Wildman–Crippen MR) is 115 cm³/mol. The molecule has 1 aliphatic heterocycles. The molecule has 1 aliphatic rings. The number of hydrogen-bond acceptors (Lipinski definition) is 5. The van der Waals surface area contributed by atoms with Crippen LogP contribution in [0.2, 0.25) is 0 Å². The smallest absolute Gasteiger partial charge is 0.449 e. The first kappa shape index (κ1) is 26.8. The Morgan fingerprint density at radius 1 is 1.11 bits per heavy atom. The minimum absolute atomic E-state index is 0. The van der Waals surface area contributed by atoms with Crippen LogP contribution in [0.15, 0.2) is 28.7 Å². The maximum Gasteiger partial charge on any atom is 0.449 e. The molecule has 2 N–H and O–H groups in total. The van der Waals surface area contributed by atoms with Crippen LogP contribution in [0.4, 0.5) is 26.3 Å². The third kappa shape index (κ3) is 5.71. The van der Waals surface area contributed by atoms with Crippen LogP contribution in [0.3, 0.4) is 0 Å². The molecule has 190 valence electrons. The van der Waals surface area contributed by atoms with Crippen molar-refractivity contribution >= 4 is 18.7 Å². The van der Waals surface area contributed by atoms with Crippen molar-refractivity contribution in [3.05, 3.63) is 64.6 Å². The number of furan rings is 1. The maximum atomic E-state index is 13.9. The van der Waals surface area contributed by atoms with E-state index in [1.807, 2.05) is 4.90 Å². The first-order valence-electron chi connectivity index (χ1n) is 10.4. The molecule has 0 fully saturated rings. The molecule has 0 bridgehead atoms. The molecule has 6 nitrogen and oxygen atoms in total. The number of aromatic nitrogens is 2. The fraction of sp³-hybridized carbons (Fsp3) is 0.364. The number of carbonyl (C=O) groups excluding carboxylic acids is 1. The molecule has 0 saturated carbocycles. The van der Waals surface area contributed by atoms with Gasteiger partial charge >= 0.3 is 6.18 Å². The van der Waals surface area contributed by atoms with Crippen LogP contribution < -0.4 is 5.73 Å². The Morgan fingerprint density at radius 2 is 1.83 bits per heavy atom. The van der Waals surface area contributed by atoms with E-state index >= 15 is 0 Å². The molecule has 3 aromatic rings. The van der Waals surface area contributed by atoms with Gasteiger partial charge in [-0.15, -0.1) is 12.4 Å². The summed E-state index contributed by atoms with van der Waals surface area (Å²) in [6.45, 7) is 0.791. The van der Waals surface area contributed by atoms with Gasteiger partial charge in [0.25, 0.3) is 0 Å². The number of nitrogens with zero attached hydrogens (tertiary/aromatic N) is 3. The predicted octanol–water partition coefficient (Wildman–Crippen LogP) is 4.59. The zero-order chi connectivity index (χ0) is 24.6. The number of alkyl halides is 3. The summed E-state index contributed by atoms with van der Waals surface area (Å²) in [6.07, 6.45) is -3.92. The van der Waals surface area contributed by atoms with Gasteiger partial charge in [-0.2, -0.15) is 13.2 Å². The Balaban J connectivity index is 0.00000342. The molecule has 0 saturated heterocycles. The molecule has 1 atom stereocenters. The summed E-state index contributed by atoms with van der Waals surface area (Å²) in [6, 6.07) is 3.38. The lowest BCUT2D eigenvalue weighted by Crippen LogP contribution is -2.38. The molecule has 2 aromatic heterocycles. The van der Waals surface area contributed by atoms with Crippen molar-refractivity contribution in [2.75, 3.05) is 13.1 Å². The molecule has 1 aromatic carbocycles. The normalized spacial score (nSPS) is 14.9. The molecule has 13 heteroatoms. The van der Waals surface area contributed by atoms with Crippen molar-refractivity contribution in [1.29, 1.82) is 0 Å². The third-order valence-electron chi connectivity index (χ3n) is 5.70. The van der Waals surface area contributed by atoms with Crippen molar-refractivity contribution in [3.8, 4) is 11.5 Å². The van der Waals surface area contributed by atoms with Gasteiger partial charge in [0.15, 0.2) is 29.4 Å². The first-order chi connectivity index (χ1) is 16.1. The van der Waals surface area contributed by atoms with E-state index in [1.165, 1.54) is 12.1 Å². The molecule has 1 unspecified atom stereocenters. The van der Waals surface area contributed by atoms with Gasteiger partial charge in [0, 0.05) is 38.3 Å². The van der Waals surface area contributed by atoms with Crippen molar-refractivity contribution in [1.82, 2.24) is 14.5 Å². The van der Waals surface area contributed by atoms with Gasteiger partial charge < -0.3 is 14.7 Å². The number of aldehydes is 1. The summed E-state index contributed by atoms with van der Waals surface area (Å²) in [5, 5.41) is 0. The van der Waals surface area contributed by atoms with Crippen molar-refractivity contribution in [2.45, 2.75) is 38.1 Å². The maximum absolute atomic E-state index is 13.9. The summed E-state index contributed by atoms with van der Waals surface area (Å²) >= 11 is 0. The lowest BCUT2D eigenvalue weighted by molar-refractivity contribution is -0.147. The molecule has 0 amide bonds. The lowest BCUT2D eigenvalue weighted by atomic mass is 10.0. The highest BCUT2D eigenvalue weighted by Crippen LogP contribution is 2.36. The standard InChI is InChI=1S/C22H20F6N4O2.ClH/c23-15-9-17(25)16(24)8-12(15)7-13(29)3-4-31-5-6-32-18(10-31)20(30-21(32)22(26,27)28)19-2-1-14(11-33)34-19;/h1-2,8-9,11,13H,3-7,10,29H2;1H. The number of carbonyl (C=O) groups is 1. The quantitative estimate of drug-likeness (QED) is 0.279. The van der Waals surface area contributed by atoms with E-state index in [-0.39, 0.29) is 66.9 Å². The van der Waals surface area contributed by atoms with E-state index in [2.05, 4.69) is 4.98 Å². The number of rotatable bonds is 7.